The number of hydrogen-bond acceptors (Lipinski definition) is 2. The fourth-order valence-corrected chi connectivity index (χ4v) is 1.86. The molecule has 0 unspecified atom stereocenters. The van der Waals surface area contributed by atoms with Crippen molar-refractivity contribution in [3.05, 3.63) is 47.3 Å². The SMILES string of the molecule is Cc1[nH]ncc1C(=O)Nc1ccc(CCCl)cc1. The van der Waals surface area contributed by atoms with Gasteiger partial charge in [-0.2, -0.15) is 5.10 Å². The summed E-state index contributed by atoms with van der Waals surface area (Å²) in [6.07, 6.45) is 2.35. The third kappa shape index (κ3) is 2.90. The van der Waals surface area contributed by atoms with E-state index in [0.29, 0.717) is 11.4 Å². The first-order valence-electron chi connectivity index (χ1n) is 5.67. The van der Waals surface area contributed by atoms with Crippen LogP contribution in [0.5, 0.6) is 0 Å². The Morgan fingerprint density at radius 3 is 2.67 bits per heavy atom. The molecule has 18 heavy (non-hydrogen) atoms. The maximum Gasteiger partial charge on any atom is 0.259 e. The van der Waals surface area contributed by atoms with Gasteiger partial charge in [-0.1, -0.05) is 12.1 Å². The second-order valence-electron chi connectivity index (χ2n) is 4.00. The molecule has 0 saturated heterocycles. The third-order valence-electron chi connectivity index (χ3n) is 2.67. The minimum absolute atomic E-state index is 0.161. The molecule has 0 radical (unpaired) electrons. The average Bonchev–Trinajstić information content (AvgIpc) is 2.78. The van der Waals surface area contributed by atoms with Gasteiger partial charge < -0.3 is 5.32 Å². The van der Waals surface area contributed by atoms with Crippen LogP contribution < -0.4 is 5.32 Å². The second-order valence-corrected chi connectivity index (χ2v) is 4.38. The van der Waals surface area contributed by atoms with Crippen molar-refractivity contribution in [2.45, 2.75) is 13.3 Å². The molecule has 0 aliphatic heterocycles. The van der Waals surface area contributed by atoms with E-state index in [1.54, 1.807) is 0 Å². The molecule has 2 aromatic rings. The van der Waals surface area contributed by atoms with E-state index in [1.807, 2.05) is 31.2 Å². The zero-order chi connectivity index (χ0) is 13.0. The number of amides is 1. The van der Waals surface area contributed by atoms with Crippen LogP contribution in [0.4, 0.5) is 5.69 Å². The zero-order valence-corrected chi connectivity index (χ0v) is 10.8. The zero-order valence-electron chi connectivity index (χ0n) is 10.0. The highest BCUT2D eigenvalue weighted by Crippen LogP contribution is 2.13. The van der Waals surface area contributed by atoms with E-state index in [4.69, 9.17) is 11.6 Å². The summed E-state index contributed by atoms with van der Waals surface area (Å²) >= 11 is 5.66. The van der Waals surface area contributed by atoms with Crippen LogP contribution in [-0.2, 0) is 6.42 Å². The number of aryl methyl sites for hydroxylation is 2. The van der Waals surface area contributed by atoms with E-state index in [-0.39, 0.29) is 5.91 Å². The molecule has 0 atom stereocenters. The molecular weight excluding hydrogens is 250 g/mol. The van der Waals surface area contributed by atoms with Gasteiger partial charge in [-0.3, -0.25) is 9.89 Å². The van der Waals surface area contributed by atoms with Crippen LogP contribution in [0.25, 0.3) is 0 Å². The lowest BCUT2D eigenvalue weighted by atomic mass is 10.1. The number of H-pyrrole nitrogens is 1. The Morgan fingerprint density at radius 1 is 1.39 bits per heavy atom. The summed E-state index contributed by atoms with van der Waals surface area (Å²) in [5.41, 5.74) is 3.23. The fraction of sp³-hybridized carbons (Fsp3) is 0.231. The monoisotopic (exact) mass is 263 g/mol. The molecule has 5 heteroatoms. The number of aromatic amines is 1. The molecule has 2 N–H and O–H groups in total. The summed E-state index contributed by atoms with van der Waals surface area (Å²) in [5.74, 6) is 0.436. The minimum Gasteiger partial charge on any atom is -0.322 e. The molecular formula is C13H14ClN3O. The van der Waals surface area contributed by atoms with Gasteiger partial charge in [-0.15, -0.1) is 11.6 Å². The van der Waals surface area contributed by atoms with E-state index in [0.717, 1.165) is 23.4 Å². The van der Waals surface area contributed by atoms with Crippen molar-refractivity contribution in [2.75, 3.05) is 11.2 Å². The minimum atomic E-state index is -0.161. The number of nitrogens with one attached hydrogen (secondary N) is 2. The lowest BCUT2D eigenvalue weighted by Gasteiger charge is -2.05. The van der Waals surface area contributed by atoms with Crippen molar-refractivity contribution in [1.82, 2.24) is 10.2 Å². The molecule has 0 saturated carbocycles. The number of nitrogens with zero attached hydrogens (tertiary/aromatic N) is 1. The highest BCUT2D eigenvalue weighted by atomic mass is 35.5. The van der Waals surface area contributed by atoms with E-state index in [9.17, 15) is 4.79 Å². The van der Waals surface area contributed by atoms with E-state index >= 15 is 0 Å². The van der Waals surface area contributed by atoms with Gasteiger partial charge in [0.1, 0.15) is 0 Å². The summed E-state index contributed by atoms with van der Waals surface area (Å²) < 4.78 is 0. The smallest absolute Gasteiger partial charge is 0.259 e. The van der Waals surface area contributed by atoms with Gasteiger partial charge in [-0.25, -0.2) is 0 Å². The number of aromatic nitrogens is 2. The number of hydrogen-bond donors (Lipinski definition) is 2. The molecule has 4 nitrogen and oxygen atoms in total. The Bertz CT molecular complexity index is 533. The summed E-state index contributed by atoms with van der Waals surface area (Å²) in [7, 11) is 0. The fourth-order valence-electron chi connectivity index (χ4n) is 1.64. The quantitative estimate of drug-likeness (QED) is 0.834. The highest BCUT2D eigenvalue weighted by Gasteiger charge is 2.10. The van der Waals surface area contributed by atoms with Crippen molar-refractivity contribution < 1.29 is 4.79 Å². The van der Waals surface area contributed by atoms with Gasteiger partial charge in [-0.05, 0) is 31.0 Å². The predicted molar refractivity (Wildman–Crippen MR) is 72.1 cm³/mol. The Morgan fingerprint density at radius 2 is 2.11 bits per heavy atom. The number of carbonyl (C=O) groups is 1. The Labute approximate surface area is 110 Å². The summed E-state index contributed by atoms with van der Waals surface area (Å²) in [6.45, 7) is 1.81. The largest absolute Gasteiger partial charge is 0.322 e. The second kappa shape index (κ2) is 5.69. The first kappa shape index (κ1) is 12.6. The molecule has 1 aromatic heterocycles. The van der Waals surface area contributed by atoms with Gasteiger partial charge in [0, 0.05) is 17.3 Å². The maximum atomic E-state index is 11.9. The summed E-state index contributed by atoms with van der Waals surface area (Å²) in [6, 6.07) is 7.66. The van der Waals surface area contributed by atoms with Gasteiger partial charge in [0.25, 0.3) is 5.91 Å². The molecule has 2 rings (SSSR count). The third-order valence-corrected chi connectivity index (χ3v) is 2.86. The van der Waals surface area contributed by atoms with Crippen molar-refractivity contribution in [3.8, 4) is 0 Å². The number of halogens is 1. The topological polar surface area (TPSA) is 57.8 Å². The van der Waals surface area contributed by atoms with Crippen molar-refractivity contribution in [2.24, 2.45) is 0 Å². The Hall–Kier alpha value is -1.81. The number of carbonyl (C=O) groups excluding carboxylic acids is 1. The molecule has 0 aliphatic rings. The van der Waals surface area contributed by atoms with Gasteiger partial charge in [0.2, 0.25) is 0 Å². The van der Waals surface area contributed by atoms with Crippen molar-refractivity contribution in [1.29, 1.82) is 0 Å². The lowest BCUT2D eigenvalue weighted by molar-refractivity contribution is 0.102. The van der Waals surface area contributed by atoms with E-state index in [1.165, 1.54) is 6.20 Å². The van der Waals surface area contributed by atoms with E-state index < -0.39 is 0 Å². The summed E-state index contributed by atoms with van der Waals surface area (Å²) in [5, 5.41) is 9.38. The summed E-state index contributed by atoms with van der Waals surface area (Å²) in [4.78, 5) is 11.9. The van der Waals surface area contributed by atoms with Crippen LogP contribution in [0.3, 0.4) is 0 Å². The van der Waals surface area contributed by atoms with Gasteiger partial charge in [0.05, 0.1) is 11.8 Å². The molecule has 0 spiro atoms. The standard InChI is InChI=1S/C13H14ClN3O/c1-9-12(8-15-17-9)13(18)16-11-4-2-10(3-5-11)6-7-14/h2-5,8H,6-7H2,1H3,(H,15,17)(H,16,18). The highest BCUT2D eigenvalue weighted by molar-refractivity contribution is 6.18. The average molecular weight is 264 g/mol. The molecule has 94 valence electrons. The van der Waals surface area contributed by atoms with Crippen LogP contribution in [-0.4, -0.2) is 22.0 Å². The van der Waals surface area contributed by atoms with E-state index in [2.05, 4.69) is 15.5 Å². The van der Waals surface area contributed by atoms with Crippen LogP contribution in [0, 0.1) is 6.92 Å². The van der Waals surface area contributed by atoms with Crippen LogP contribution in [0.2, 0.25) is 0 Å². The number of alkyl halides is 1. The first-order chi connectivity index (χ1) is 8.70. The van der Waals surface area contributed by atoms with Crippen molar-refractivity contribution in [3.63, 3.8) is 0 Å². The lowest BCUT2D eigenvalue weighted by Crippen LogP contribution is -2.12. The van der Waals surface area contributed by atoms with Crippen LogP contribution >= 0.6 is 11.6 Å². The Kier molecular flexibility index (Phi) is 3.99. The number of benzene rings is 1. The Balaban J connectivity index is 2.05. The molecule has 0 aliphatic carbocycles. The molecule has 1 amide bonds. The first-order valence-corrected chi connectivity index (χ1v) is 6.20. The normalized spacial score (nSPS) is 10.3. The number of anilines is 1. The predicted octanol–water partition coefficient (Wildman–Crippen LogP) is 2.75. The van der Waals surface area contributed by atoms with Crippen molar-refractivity contribution >= 4 is 23.2 Å². The molecule has 1 heterocycles. The number of rotatable bonds is 4. The molecule has 0 fully saturated rings. The van der Waals surface area contributed by atoms with Gasteiger partial charge >= 0.3 is 0 Å². The maximum absolute atomic E-state index is 11.9. The molecule has 1 aromatic carbocycles. The van der Waals surface area contributed by atoms with Gasteiger partial charge in [0.15, 0.2) is 0 Å². The van der Waals surface area contributed by atoms with Crippen LogP contribution in [0.1, 0.15) is 21.6 Å². The molecule has 0 bridgehead atoms. The van der Waals surface area contributed by atoms with Crippen LogP contribution in [0.15, 0.2) is 30.5 Å².